The van der Waals surface area contributed by atoms with Crippen LogP contribution in [0.1, 0.15) is 43.9 Å². The highest BCUT2D eigenvalue weighted by molar-refractivity contribution is 5.50. The monoisotopic (exact) mass is 320 g/mol. The summed E-state index contributed by atoms with van der Waals surface area (Å²) in [4.78, 5) is 2.58. The van der Waals surface area contributed by atoms with Gasteiger partial charge in [0.1, 0.15) is 11.5 Å². The van der Waals surface area contributed by atoms with Crippen LogP contribution >= 0.6 is 0 Å². The number of rotatable bonds is 7. The third-order valence-electron chi connectivity index (χ3n) is 4.63. The van der Waals surface area contributed by atoms with Crippen LogP contribution in [0.25, 0.3) is 0 Å². The molecule has 1 aliphatic rings. The molecule has 1 N–H and O–H groups in total. The Morgan fingerprint density at radius 3 is 2.09 bits per heavy atom. The number of hydrogen-bond donors (Lipinski definition) is 1. The molecule has 130 valence electrons. The van der Waals surface area contributed by atoms with Crippen molar-refractivity contribution in [3.8, 4) is 11.5 Å². The van der Waals surface area contributed by atoms with Gasteiger partial charge in [-0.1, -0.05) is 13.8 Å². The predicted molar refractivity (Wildman–Crippen MR) is 95.5 cm³/mol. The molecule has 0 saturated carbocycles. The van der Waals surface area contributed by atoms with Crippen LogP contribution < -0.4 is 14.8 Å². The lowest BCUT2D eigenvalue weighted by molar-refractivity contribution is 0.154. The van der Waals surface area contributed by atoms with Crippen LogP contribution in [-0.4, -0.2) is 45.3 Å². The van der Waals surface area contributed by atoms with Gasteiger partial charge in [-0.05, 0) is 43.4 Å². The highest BCUT2D eigenvalue weighted by Gasteiger charge is 2.28. The molecule has 0 spiro atoms. The first kappa shape index (κ1) is 18.1. The van der Waals surface area contributed by atoms with Crippen molar-refractivity contribution in [1.82, 2.24) is 10.2 Å². The normalized spacial score (nSPS) is 17.3. The maximum atomic E-state index is 5.72. The summed E-state index contributed by atoms with van der Waals surface area (Å²) in [5.41, 5.74) is 2.38. The fourth-order valence-electron chi connectivity index (χ4n) is 3.39. The van der Waals surface area contributed by atoms with Gasteiger partial charge in [0.25, 0.3) is 0 Å². The minimum Gasteiger partial charge on any atom is -0.496 e. The molecular weight excluding hydrogens is 288 g/mol. The fraction of sp³-hybridized carbons (Fsp3) is 0.684. The Hall–Kier alpha value is -1.26. The lowest BCUT2D eigenvalue weighted by Gasteiger charge is -2.37. The fourth-order valence-corrected chi connectivity index (χ4v) is 3.39. The van der Waals surface area contributed by atoms with E-state index in [4.69, 9.17) is 9.47 Å². The van der Waals surface area contributed by atoms with E-state index in [1.54, 1.807) is 14.2 Å². The third-order valence-corrected chi connectivity index (χ3v) is 4.63. The second-order valence-electron chi connectivity index (χ2n) is 6.86. The summed E-state index contributed by atoms with van der Waals surface area (Å²) >= 11 is 0. The molecule has 2 rings (SSSR count). The molecule has 1 aromatic rings. The Kier molecular flexibility index (Phi) is 6.72. The van der Waals surface area contributed by atoms with Gasteiger partial charge in [0.05, 0.1) is 19.8 Å². The molecule has 4 heteroatoms. The smallest absolute Gasteiger partial charge is 0.127 e. The zero-order valence-corrected chi connectivity index (χ0v) is 15.3. The van der Waals surface area contributed by atoms with E-state index in [2.05, 4.69) is 43.1 Å². The van der Waals surface area contributed by atoms with Crippen molar-refractivity contribution in [2.75, 3.05) is 40.4 Å². The second-order valence-corrected chi connectivity index (χ2v) is 6.86. The molecule has 0 unspecified atom stereocenters. The number of hydrogen-bond acceptors (Lipinski definition) is 4. The van der Waals surface area contributed by atoms with Crippen LogP contribution in [0, 0.1) is 12.8 Å². The van der Waals surface area contributed by atoms with Crippen molar-refractivity contribution in [2.45, 2.75) is 39.7 Å². The molecule has 23 heavy (non-hydrogen) atoms. The minimum atomic E-state index is 0.352. The SMILES string of the molecule is COc1cc(C)cc(OC)c1[C@@H](CCC(C)C)N1CCNCC1. The lowest BCUT2D eigenvalue weighted by Crippen LogP contribution is -2.45. The van der Waals surface area contributed by atoms with Gasteiger partial charge in [0.15, 0.2) is 0 Å². The number of benzene rings is 1. The van der Waals surface area contributed by atoms with Gasteiger partial charge in [0.2, 0.25) is 0 Å². The van der Waals surface area contributed by atoms with Gasteiger partial charge in [-0.15, -0.1) is 0 Å². The predicted octanol–water partition coefficient (Wildman–Crippen LogP) is 3.39. The molecule has 0 aliphatic carbocycles. The molecule has 0 radical (unpaired) electrons. The van der Waals surface area contributed by atoms with Gasteiger partial charge >= 0.3 is 0 Å². The quantitative estimate of drug-likeness (QED) is 0.835. The van der Waals surface area contributed by atoms with Crippen molar-refractivity contribution in [1.29, 1.82) is 0 Å². The van der Waals surface area contributed by atoms with E-state index in [1.165, 1.54) is 17.5 Å². The molecular formula is C19H32N2O2. The topological polar surface area (TPSA) is 33.7 Å². The molecule has 1 aliphatic heterocycles. The molecule has 1 saturated heterocycles. The number of nitrogens with zero attached hydrogens (tertiary/aromatic N) is 1. The van der Waals surface area contributed by atoms with E-state index < -0.39 is 0 Å². The molecule has 1 fully saturated rings. The molecule has 1 atom stereocenters. The first-order valence-corrected chi connectivity index (χ1v) is 8.74. The van der Waals surface area contributed by atoms with Crippen LogP contribution in [0.4, 0.5) is 0 Å². The molecule has 0 amide bonds. The van der Waals surface area contributed by atoms with Crippen molar-refractivity contribution in [3.05, 3.63) is 23.3 Å². The minimum absolute atomic E-state index is 0.352. The maximum Gasteiger partial charge on any atom is 0.127 e. The Balaban J connectivity index is 2.40. The van der Waals surface area contributed by atoms with Gasteiger partial charge in [0, 0.05) is 32.2 Å². The van der Waals surface area contributed by atoms with Crippen molar-refractivity contribution in [3.63, 3.8) is 0 Å². The Morgan fingerprint density at radius 1 is 1.04 bits per heavy atom. The Bertz CT molecular complexity index is 471. The summed E-state index contributed by atoms with van der Waals surface area (Å²) in [6.45, 7) is 10.9. The third kappa shape index (κ3) is 4.61. The maximum absolute atomic E-state index is 5.72. The second kappa shape index (κ2) is 8.55. The van der Waals surface area contributed by atoms with Crippen LogP contribution in [0.3, 0.4) is 0 Å². The molecule has 1 heterocycles. The number of aryl methyl sites for hydroxylation is 1. The average molecular weight is 320 g/mol. The van der Waals surface area contributed by atoms with Crippen LogP contribution in [0.15, 0.2) is 12.1 Å². The van der Waals surface area contributed by atoms with Crippen LogP contribution in [0.2, 0.25) is 0 Å². The van der Waals surface area contributed by atoms with Gasteiger partial charge in [-0.2, -0.15) is 0 Å². The summed E-state index contributed by atoms with van der Waals surface area (Å²) in [6, 6.07) is 4.61. The van der Waals surface area contributed by atoms with Gasteiger partial charge in [-0.3, -0.25) is 4.90 Å². The Labute approximate surface area is 141 Å². The molecule has 4 nitrogen and oxygen atoms in total. The van der Waals surface area contributed by atoms with E-state index in [0.717, 1.165) is 44.1 Å². The summed E-state index contributed by atoms with van der Waals surface area (Å²) in [5, 5.41) is 3.45. The van der Waals surface area contributed by atoms with Crippen molar-refractivity contribution >= 4 is 0 Å². The lowest BCUT2D eigenvalue weighted by atomic mass is 9.93. The average Bonchev–Trinajstić information content (AvgIpc) is 2.56. The Morgan fingerprint density at radius 2 is 1.61 bits per heavy atom. The molecule has 0 aromatic heterocycles. The van der Waals surface area contributed by atoms with Gasteiger partial charge in [-0.25, -0.2) is 0 Å². The zero-order chi connectivity index (χ0) is 16.8. The van der Waals surface area contributed by atoms with E-state index in [9.17, 15) is 0 Å². The number of methoxy groups -OCH3 is 2. The summed E-state index contributed by atoms with van der Waals surface area (Å²) in [5.74, 6) is 2.60. The standard InChI is InChI=1S/C19H32N2O2/c1-14(2)6-7-16(21-10-8-20-9-11-21)19-17(22-4)12-15(3)13-18(19)23-5/h12-14,16,20H,6-11H2,1-5H3/t16-/m1/s1. The number of nitrogens with one attached hydrogen (secondary N) is 1. The van der Waals surface area contributed by atoms with E-state index in [-0.39, 0.29) is 0 Å². The zero-order valence-electron chi connectivity index (χ0n) is 15.3. The van der Waals surface area contributed by atoms with Crippen molar-refractivity contribution < 1.29 is 9.47 Å². The highest BCUT2D eigenvalue weighted by atomic mass is 16.5. The van der Waals surface area contributed by atoms with E-state index in [1.807, 2.05) is 0 Å². The molecule has 0 bridgehead atoms. The van der Waals surface area contributed by atoms with Crippen molar-refractivity contribution in [2.24, 2.45) is 5.92 Å². The highest BCUT2D eigenvalue weighted by Crippen LogP contribution is 2.41. The summed E-state index contributed by atoms with van der Waals surface area (Å²) in [7, 11) is 3.52. The van der Waals surface area contributed by atoms with Crippen LogP contribution in [0.5, 0.6) is 11.5 Å². The number of ether oxygens (including phenoxy) is 2. The largest absolute Gasteiger partial charge is 0.496 e. The van der Waals surface area contributed by atoms with E-state index >= 15 is 0 Å². The molecule has 1 aromatic carbocycles. The summed E-state index contributed by atoms with van der Waals surface area (Å²) < 4.78 is 11.4. The summed E-state index contributed by atoms with van der Waals surface area (Å²) in [6.07, 6.45) is 2.34. The van der Waals surface area contributed by atoms with Crippen LogP contribution in [-0.2, 0) is 0 Å². The first-order chi connectivity index (χ1) is 11.1. The first-order valence-electron chi connectivity index (χ1n) is 8.74. The van der Waals surface area contributed by atoms with E-state index in [0.29, 0.717) is 12.0 Å². The number of piperazine rings is 1. The van der Waals surface area contributed by atoms with Gasteiger partial charge < -0.3 is 14.8 Å².